The van der Waals surface area contributed by atoms with Crippen molar-refractivity contribution in [2.24, 2.45) is 16.5 Å². The van der Waals surface area contributed by atoms with Crippen molar-refractivity contribution in [2.45, 2.75) is 6.54 Å². The van der Waals surface area contributed by atoms with E-state index in [1.165, 1.54) is 0 Å². The molecule has 0 fully saturated rings. The minimum absolute atomic E-state index is 0.0508. The quantitative estimate of drug-likeness (QED) is 0.524. The molecule has 0 aliphatic carbocycles. The topological polar surface area (TPSA) is 77.3 Å². The average molecular weight is 371 g/mol. The van der Waals surface area contributed by atoms with Gasteiger partial charge in [-0.1, -0.05) is 47.5 Å². The molecule has 2 aromatic carbocycles. The predicted molar refractivity (Wildman–Crippen MR) is 105 cm³/mol. The van der Waals surface area contributed by atoms with E-state index in [9.17, 15) is 0 Å². The molecule has 0 unspecified atom stereocenters. The highest BCUT2D eigenvalue weighted by molar-refractivity contribution is 6.31. The maximum absolute atomic E-state index is 6.01. The Morgan fingerprint density at radius 1 is 0.880 bits per heavy atom. The van der Waals surface area contributed by atoms with E-state index in [2.05, 4.69) is 9.98 Å². The Morgan fingerprint density at radius 2 is 1.44 bits per heavy atom. The van der Waals surface area contributed by atoms with Crippen LogP contribution in [0.4, 0.5) is 0 Å². The number of halogens is 2. The lowest BCUT2D eigenvalue weighted by molar-refractivity contribution is 1.04. The summed E-state index contributed by atoms with van der Waals surface area (Å²) in [6.07, 6.45) is 1.77. The smallest absolute Gasteiger partial charge is 0.186 e. The zero-order valence-electron chi connectivity index (χ0n) is 13.3. The van der Waals surface area contributed by atoms with Crippen LogP contribution < -0.4 is 11.5 Å². The third-order valence-corrected chi connectivity index (χ3v) is 4.17. The summed E-state index contributed by atoms with van der Waals surface area (Å²) in [7, 11) is 0. The summed E-state index contributed by atoms with van der Waals surface area (Å²) in [4.78, 5) is 8.68. The number of pyridine rings is 1. The van der Waals surface area contributed by atoms with Crippen LogP contribution in [0.25, 0.3) is 22.4 Å². The number of guanidine groups is 1. The van der Waals surface area contributed by atoms with Gasteiger partial charge in [-0.15, -0.1) is 0 Å². The van der Waals surface area contributed by atoms with E-state index in [4.69, 9.17) is 34.7 Å². The Bertz CT molecular complexity index is 900. The van der Waals surface area contributed by atoms with Gasteiger partial charge < -0.3 is 11.5 Å². The van der Waals surface area contributed by atoms with E-state index >= 15 is 0 Å². The van der Waals surface area contributed by atoms with Crippen molar-refractivity contribution in [1.29, 1.82) is 0 Å². The van der Waals surface area contributed by atoms with Gasteiger partial charge in [-0.3, -0.25) is 4.98 Å². The number of aromatic nitrogens is 1. The number of nitrogens with zero attached hydrogens (tertiary/aromatic N) is 2. The molecule has 25 heavy (non-hydrogen) atoms. The van der Waals surface area contributed by atoms with E-state index in [0.29, 0.717) is 16.6 Å². The second-order valence-corrected chi connectivity index (χ2v) is 6.37. The molecule has 0 spiro atoms. The summed E-state index contributed by atoms with van der Waals surface area (Å²) in [5.74, 6) is 0.0508. The maximum atomic E-state index is 6.01. The van der Waals surface area contributed by atoms with Crippen molar-refractivity contribution in [1.82, 2.24) is 4.98 Å². The van der Waals surface area contributed by atoms with Gasteiger partial charge in [-0.2, -0.15) is 0 Å². The van der Waals surface area contributed by atoms with Crippen LogP contribution in [0.3, 0.4) is 0 Å². The van der Waals surface area contributed by atoms with E-state index in [1.54, 1.807) is 6.20 Å². The summed E-state index contributed by atoms with van der Waals surface area (Å²) in [6, 6.07) is 17.2. The first-order valence-electron chi connectivity index (χ1n) is 7.59. The SMILES string of the molecule is NC(N)=NCc1cnc(-c2ccc(Cl)cc2)c(-c2ccc(Cl)cc2)c1. The standard InChI is InChI=1S/C19H16Cl2N4/c20-15-5-1-13(2-6-15)17-9-12(11-25-19(22)23)10-24-18(17)14-3-7-16(21)8-4-14/h1-10H,11H2,(H4,22,23,25). The zero-order valence-corrected chi connectivity index (χ0v) is 14.8. The molecular formula is C19H16Cl2N4. The summed E-state index contributed by atoms with van der Waals surface area (Å²) in [6.45, 7) is 0.372. The summed E-state index contributed by atoms with van der Waals surface area (Å²) in [5, 5.41) is 1.36. The minimum atomic E-state index is 0.0508. The van der Waals surface area contributed by atoms with Crippen molar-refractivity contribution >= 4 is 29.2 Å². The summed E-state index contributed by atoms with van der Waals surface area (Å²) >= 11 is 12.0. The van der Waals surface area contributed by atoms with Gasteiger partial charge in [0.15, 0.2) is 5.96 Å². The molecule has 3 rings (SSSR count). The fourth-order valence-electron chi connectivity index (χ4n) is 2.46. The van der Waals surface area contributed by atoms with Gasteiger partial charge in [0, 0.05) is 27.4 Å². The first-order valence-corrected chi connectivity index (χ1v) is 8.35. The van der Waals surface area contributed by atoms with Crippen molar-refractivity contribution in [3.05, 3.63) is 76.4 Å². The second kappa shape index (κ2) is 7.55. The van der Waals surface area contributed by atoms with Crippen molar-refractivity contribution in [3.63, 3.8) is 0 Å². The first-order chi connectivity index (χ1) is 12.0. The molecule has 0 saturated heterocycles. The third kappa shape index (κ3) is 4.29. The average Bonchev–Trinajstić information content (AvgIpc) is 2.61. The van der Waals surface area contributed by atoms with Crippen LogP contribution >= 0.6 is 23.2 Å². The van der Waals surface area contributed by atoms with Gasteiger partial charge in [0.25, 0.3) is 0 Å². The highest BCUT2D eigenvalue weighted by Gasteiger charge is 2.11. The van der Waals surface area contributed by atoms with Gasteiger partial charge in [-0.25, -0.2) is 4.99 Å². The molecule has 4 nitrogen and oxygen atoms in total. The lowest BCUT2D eigenvalue weighted by atomic mass is 9.98. The van der Waals surface area contributed by atoms with Gasteiger partial charge >= 0.3 is 0 Å². The fraction of sp³-hybridized carbons (Fsp3) is 0.0526. The largest absolute Gasteiger partial charge is 0.370 e. The number of aliphatic imine (C=N–C) groups is 1. The molecule has 0 saturated carbocycles. The lowest BCUT2D eigenvalue weighted by Gasteiger charge is -2.11. The van der Waals surface area contributed by atoms with Crippen LogP contribution in [0.1, 0.15) is 5.56 Å². The summed E-state index contributed by atoms with van der Waals surface area (Å²) in [5.41, 5.74) is 15.6. The Kier molecular flexibility index (Phi) is 5.22. The number of rotatable bonds is 4. The van der Waals surface area contributed by atoms with Crippen LogP contribution in [0.2, 0.25) is 10.0 Å². The van der Waals surface area contributed by atoms with Gasteiger partial charge in [0.05, 0.1) is 12.2 Å². The number of benzene rings is 2. The molecule has 0 aliphatic heterocycles. The fourth-order valence-corrected chi connectivity index (χ4v) is 2.72. The first kappa shape index (κ1) is 17.3. The van der Waals surface area contributed by atoms with Crippen LogP contribution in [0.5, 0.6) is 0 Å². The monoisotopic (exact) mass is 370 g/mol. The Morgan fingerprint density at radius 3 is 2.00 bits per heavy atom. The molecule has 0 atom stereocenters. The highest BCUT2D eigenvalue weighted by atomic mass is 35.5. The summed E-state index contributed by atoms with van der Waals surface area (Å²) < 4.78 is 0. The highest BCUT2D eigenvalue weighted by Crippen LogP contribution is 2.32. The molecule has 1 aromatic heterocycles. The normalized spacial score (nSPS) is 10.5. The van der Waals surface area contributed by atoms with Gasteiger partial charge in [-0.05, 0) is 41.5 Å². The van der Waals surface area contributed by atoms with E-state index < -0.39 is 0 Å². The number of hydrogen-bond donors (Lipinski definition) is 2. The minimum Gasteiger partial charge on any atom is -0.370 e. The number of nitrogens with two attached hydrogens (primary N) is 2. The van der Waals surface area contributed by atoms with E-state index in [0.717, 1.165) is 27.9 Å². The van der Waals surface area contributed by atoms with Crippen molar-refractivity contribution in [3.8, 4) is 22.4 Å². The van der Waals surface area contributed by atoms with Crippen LogP contribution in [0, 0.1) is 0 Å². The molecule has 6 heteroatoms. The molecule has 1 heterocycles. The van der Waals surface area contributed by atoms with E-state index in [1.807, 2.05) is 54.6 Å². The Hall–Kier alpha value is -2.56. The van der Waals surface area contributed by atoms with Crippen molar-refractivity contribution in [2.75, 3.05) is 0 Å². The van der Waals surface area contributed by atoms with Crippen molar-refractivity contribution < 1.29 is 0 Å². The second-order valence-electron chi connectivity index (χ2n) is 5.49. The lowest BCUT2D eigenvalue weighted by Crippen LogP contribution is -2.22. The number of hydrogen-bond acceptors (Lipinski definition) is 2. The molecular weight excluding hydrogens is 355 g/mol. The zero-order chi connectivity index (χ0) is 17.8. The molecule has 4 N–H and O–H groups in total. The van der Waals surface area contributed by atoms with Crippen LogP contribution in [-0.2, 0) is 6.54 Å². The molecule has 3 aromatic rings. The predicted octanol–water partition coefficient (Wildman–Crippen LogP) is 4.50. The van der Waals surface area contributed by atoms with Gasteiger partial charge in [0.2, 0.25) is 0 Å². The van der Waals surface area contributed by atoms with E-state index in [-0.39, 0.29) is 5.96 Å². The molecule has 0 radical (unpaired) electrons. The molecule has 126 valence electrons. The van der Waals surface area contributed by atoms with Gasteiger partial charge in [0.1, 0.15) is 0 Å². The Balaban J connectivity index is 2.11. The maximum Gasteiger partial charge on any atom is 0.186 e. The molecule has 0 aliphatic rings. The van der Waals surface area contributed by atoms with Crippen LogP contribution in [0.15, 0.2) is 65.8 Å². The van der Waals surface area contributed by atoms with Crippen LogP contribution in [-0.4, -0.2) is 10.9 Å². The Labute approximate surface area is 156 Å². The molecule has 0 bridgehead atoms. The third-order valence-electron chi connectivity index (χ3n) is 3.66. The molecule has 0 amide bonds.